The highest BCUT2D eigenvalue weighted by molar-refractivity contribution is 5.80. The molecule has 1 aliphatic rings. The number of nitrogens with one attached hydrogen (secondary N) is 2. The Morgan fingerprint density at radius 2 is 2.12 bits per heavy atom. The lowest BCUT2D eigenvalue weighted by atomic mass is 10.1. The van der Waals surface area contributed by atoms with Gasteiger partial charge in [0.2, 0.25) is 0 Å². The molecule has 1 atom stereocenters. The molecule has 25 heavy (non-hydrogen) atoms. The van der Waals surface area contributed by atoms with Crippen LogP contribution in [0, 0.1) is 6.92 Å². The maximum Gasteiger partial charge on any atom is 0.191 e. The van der Waals surface area contributed by atoms with Gasteiger partial charge >= 0.3 is 0 Å². The lowest BCUT2D eigenvalue weighted by Crippen LogP contribution is -2.45. The van der Waals surface area contributed by atoms with Crippen molar-refractivity contribution in [2.45, 2.75) is 25.8 Å². The van der Waals surface area contributed by atoms with E-state index in [0.29, 0.717) is 6.04 Å². The molecule has 1 aromatic heterocycles. The zero-order valence-corrected chi connectivity index (χ0v) is 15.1. The van der Waals surface area contributed by atoms with E-state index in [0.717, 1.165) is 38.4 Å². The molecule has 0 spiro atoms. The maximum absolute atomic E-state index is 4.37. The van der Waals surface area contributed by atoms with E-state index in [1.807, 2.05) is 19.4 Å². The molecular formula is C20H27N5. The van der Waals surface area contributed by atoms with Crippen LogP contribution in [0.2, 0.25) is 0 Å². The second kappa shape index (κ2) is 8.51. The van der Waals surface area contributed by atoms with Crippen molar-refractivity contribution in [1.29, 1.82) is 0 Å². The third kappa shape index (κ3) is 4.72. The molecule has 0 radical (unpaired) electrons. The van der Waals surface area contributed by atoms with Crippen LogP contribution in [-0.4, -0.2) is 43.7 Å². The van der Waals surface area contributed by atoms with Gasteiger partial charge in [-0.15, -0.1) is 0 Å². The summed E-state index contributed by atoms with van der Waals surface area (Å²) in [5, 5.41) is 6.98. The minimum Gasteiger partial charge on any atom is -0.369 e. The van der Waals surface area contributed by atoms with Crippen LogP contribution in [0.1, 0.15) is 17.5 Å². The summed E-state index contributed by atoms with van der Waals surface area (Å²) in [6.45, 7) is 5.05. The number of aliphatic imine (C=N–C) groups is 1. The third-order valence-electron chi connectivity index (χ3n) is 4.70. The van der Waals surface area contributed by atoms with Gasteiger partial charge in [0.25, 0.3) is 0 Å². The Hall–Kier alpha value is -2.56. The Bertz CT molecular complexity index is 698. The Kier molecular flexibility index (Phi) is 5.88. The van der Waals surface area contributed by atoms with E-state index in [2.05, 4.69) is 68.8 Å². The van der Waals surface area contributed by atoms with Crippen molar-refractivity contribution in [3.05, 3.63) is 59.9 Å². The number of aryl methyl sites for hydroxylation is 1. The molecule has 0 aliphatic carbocycles. The summed E-state index contributed by atoms with van der Waals surface area (Å²) in [6.07, 6.45) is 5.86. The van der Waals surface area contributed by atoms with Crippen LogP contribution in [0.4, 0.5) is 5.69 Å². The van der Waals surface area contributed by atoms with Crippen molar-refractivity contribution in [3.63, 3.8) is 0 Å². The van der Waals surface area contributed by atoms with Gasteiger partial charge in [-0.1, -0.05) is 18.2 Å². The van der Waals surface area contributed by atoms with E-state index in [1.165, 1.54) is 16.8 Å². The Morgan fingerprint density at radius 3 is 2.88 bits per heavy atom. The first-order chi connectivity index (χ1) is 12.3. The lowest BCUT2D eigenvalue weighted by Gasteiger charge is -2.20. The fraction of sp³-hybridized carbons (Fsp3) is 0.400. The van der Waals surface area contributed by atoms with Crippen molar-refractivity contribution in [3.8, 4) is 0 Å². The van der Waals surface area contributed by atoms with E-state index in [1.54, 1.807) is 0 Å². The molecule has 0 amide bonds. The molecule has 3 rings (SSSR count). The van der Waals surface area contributed by atoms with Gasteiger partial charge in [-0.05, 0) is 49.1 Å². The van der Waals surface area contributed by atoms with Gasteiger partial charge in [-0.2, -0.15) is 0 Å². The Balaban J connectivity index is 1.46. The van der Waals surface area contributed by atoms with Gasteiger partial charge < -0.3 is 15.5 Å². The van der Waals surface area contributed by atoms with Crippen LogP contribution < -0.4 is 15.5 Å². The molecule has 5 nitrogen and oxygen atoms in total. The number of aromatic nitrogens is 1. The number of rotatable bonds is 5. The van der Waals surface area contributed by atoms with Crippen molar-refractivity contribution in [2.75, 3.05) is 31.6 Å². The summed E-state index contributed by atoms with van der Waals surface area (Å²) in [7, 11) is 1.83. The maximum atomic E-state index is 4.37. The van der Waals surface area contributed by atoms with E-state index in [9.17, 15) is 0 Å². The van der Waals surface area contributed by atoms with E-state index in [-0.39, 0.29) is 0 Å². The van der Waals surface area contributed by atoms with Crippen molar-refractivity contribution >= 4 is 11.6 Å². The molecule has 2 heterocycles. The molecular weight excluding hydrogens is 310 g/mol. The number of anilines is 1. The smallest absolute Gasteiger partial charge is 0.191 e. The quantitative estimate of drug-likeness (QED) is 0.650. The zero-order valence-electron chi connectivity index (χ0n) is 15.1. The molecule has 0 saturated carbocycles. The first kappa shape index (κ1) is 17.3. The summed E-state index contributed by atoms with van der Waals surface area (Å²) >= 11 is 0. The number of para-hydroxylation sites is 1. The number of guanidine groups is 1. The van der Waals surface area contributed by atoms with Gasteiger partial charge in [-0.3, -0.25) is 9.98 Å². The number of hydrogen-bond acceptors (Lipinski definition) is 3. The highest BCUT2D eigenvalue weighted by Crippen LogP contribution is 2.19. The van der Waals surface area contributed by atoms with Crippen LogP contribution in [0.15, 0.2) is 53.8 Å². The SMILES string of the molecule is CN=C(NCCc1ccncc1C)NC1CCN(c2ccccc2)C1. The summed E-state index contributed by atoms with van der Waals surface area (Å²) in [5.74, 6) is 0.881. The van der Waals surface area contributed by atoms with Gasteiger partial charge in [0.05, 0.1) is 0 Å². The minimum absolute atomic E-state index is 0.425. The zero-order chi connectivity index (χ0) is 17.5. The Morgan fingerprint density at radius 1 is 1.28 bits per heavy atom. The molecule has 2 N–H and O–H groups in total. The third-order valence-corrected chi connectivity index (χ3v) is 4.70. The number of pyridine rings is 1. The van der Waals surface area contributed by atoms with Gasteiger partial charge in [0.1, 0.15) is 0 Å². The summed E-state index contributed by atoms with van der Waals surface area (Å²) < 4.78 is 0. The van der Waals surface area contributed by atoms with Gasteiger partial charge in [-0.25, -0.2) is 0 Å². The molecule has 0 bridgehead atoms. The molecule has 1 fully saturated rings. The lowest BCUT2D eigenvalue weighted by molar-refractivity contribution is 0.648. The molecule has 2 aromatic rings. The molecule has 1 aliphatic heterocycles. The highest BCUT2D eigenvalue weighted by Gasteiger charge is 2.23. The highest BCUT2D eigenvalue weighted by atomic mass is 15.2. The average Bonchev–Trinajstić information content (AvgIpc) is 3.12. The summed E-state index contributed by atoms with van der Waals surface area (Å²) in [4.78, 5) is 10.9. The van der Waals surface area contributed by atoms with E-state index in [4.69, 9.17) is 0 Å². The van der Waals surface area contributed by atoms with Gasteiger partial charge in [0.15, 0.2) is 5.96 Å². The second-order valence-corrected chi connectivity index (χ2v) is 6.46. The first-order valence-corrected chi connectivity index (χ1v) is 8.93. The van der Waals surface area contributed by atoms with E-state index >= 15 is 0 Å². The standard InChI is InChI=1S/C20H27N5/c1-16-14-22-11-8-17(16)9-12-23-20(21-2)24-18-10-13-25(15-18)19-6-4-3-5-7-19/h3-8,11,14,18H,9-10,12-13,15H2,1-2H3,(H2,21,23,24). The predicted molar refractivity (Wildman–Crippen MR) is 104 cm³/mol. The summed E-state index contributed by atoms with van der Waals surface area (Å²) in [5.41, 5.74) is 3.86. The van der Waals surface area contributed by atoms with Crippen LogP contribution >= 0.6 is 0 Å². The van der Waals surface area contributed by atoms with Crippen molar-refractivity contribution < 1.29 is 0 Å². The topological polar surface area (TPSA) is 52.6 Å². The van der Waals surface area contributed by atoms with E-state index < -0.39 is 0 Å². The monoisotopic (exact) mass is 337 g/mol. The predicted octanol–water partition coefficient (Wildman–Crippen LogP) is 2.38. The van der Waals surface area contributed by atoms with Crippen LogP contribution in [0.25, 0.3) is 0 Å². The number of hydrogen-bond donors (Lipinski definition) is 2. The van der Waals surface area contributed by atoms with Crippen molar-refractivity contribution in [2.24, 2.45) is 4.99 Å². The number of nitrogens with zero attached hydrogens (tertiary/aromatic N) is 3. The van der Waals surface area contributed by atoms with Crippen LogP contribution in [-0.2, 0) is 6.42 Å². The number of benzene rings is 1. The Labute approximate surface area is 150 Å². The summed E-state index contributed by atoms with van der Waals surface area (Å²) in [6, 6.07) is 13.1. The van der Waals surface area contributed by atoms with Crippen molar-refractivity contribution in [1.82, 2.24) is 15.6 Å². The first-order valence-electron chi connectivity index (χ1n) is 8.93. The van der Waals surface area contributed by atoms with Crippen LogP contribution in [0.3, 0.4) is 0 Å². The largest absolute Gasteiger partial charge is 0.369 e. The fourth-order valence-corrected chi connectivity index (χ4v) is 3.24. The molecule has 1 aromatic carbocycles. The van der Waals surface area contributed by atoms with Crippen LogP contribution in [0.5, 0.6) is 0 Å². The second-order valence-electron chi connectivity index (χ2n) is 6.46. The average molecular weight is 337 g/mol. The molecule has 1 unspecified atom stereocenters. The molecule has 132 valence electrons. The minimum atomic E-state index is 0.425. The fourth-order valence-electron chi connectivity index (χ4n) is 3.24. The van der Waals surface area contributed by atoms with Gasteiger partial charge in [0, 0.05) is 50.8 Å². The normalized spacial score (nSPS) is 17.6. The molecule has 1 saturated heterocycles. The molecule has 5 heteroatoms.